The van der Waals surface area contributed by atoms with E-state index in [0.717, 1.165) is 28.5 Å². The fraction of sp³-hybridized carbons (Fsp3) is 0.182. The maximum Gasteiger partial charge on any atom is 0.246 e. The Morgan fingerprint density at radius 1 is 1.04 bits per heavy atom. The summed E-state index contributed by atoms with van der Waals surface area (Å²) in [4.78, 5) is 18.5. The average molecular weight is 330 g/mol. The van der Waals surface area contributed by atoms with Crippen molar-refractivity contribution in [2.24, 2.45) is 0 Å². The smallest absolute Gasteiger partial charge is 0.246 e. The van der Waals surface area contributed by atoms with Gasteiger partial charge in [-0.2, -0.15) is 0 Å². The predicted octanol–water partition coefficient (Wildman–Crippen LogP) is 4.47. The van der Waals surface area contributed by atoms with Crippen molar-refractivity contribution >= 4 is 22.9 Å². The number of hydrogen-bond acceptors (Lipinski definition) is 2. The fourth-order valence-electron chi connectivity index (χ4n) is 2.78. The third-order valence-corrected chi connectivity index (χ3v) is 4.32. The van der Waals surface area contributed by atoms with Gasteiger partial charge in [0.15, 0.2) is 0 Å². The van der Waals surface area contributed by atoms with E-state index in [1.807, 2.05) is 43.5 Å². The molecule has 1 heterocycles. The predicted molar refractivity (Wildman–Crippen MR) is 103 cm³/mol. The van der Waals surface area contributed by atoms with Crippen LogP contribution in [0.5, 0.6) is 0 Å². The van der Waals surface area contributed by atoms with Crippen LogP contribution in [-0.2, 0) is 17.8 Å². The molecular formula is C22H22N2O. The van der Waals surface area contributed by atoms with Crippen LogP contribution in [0.2, 0.25) is 0 Å². The minimum Gasteiger partial charge on any atom is -0.338 e. The molecule has 0 saturated carbocycles. The minimum absolute atomic E-state index is 0.0135. The standard InChI is InChI=1S/C22H22N2O/c1-3-17-8-10-18(11-9-17)16-24(2)22(25)13-12-19-14-15-23-21-7-5-4-6-20(19)21/h4-15H,3,16H2,1-2H3/b13-12+. The van der Waals surface area contributed by atoms with Gasteiger partial charge in [0.25, 0.3) is 0 Å². The van der Waals surface area contributed by atoms with Crippen LogP contribution in [-0.4, -0.2) is 22.8 Å². The first-order valence-electron chi connectivity index (χ1n) is 8.52. The summed E-state index contributed by atoms with van der Waals surface area (Å²) in [5.74, 6) is -0.0135. The Morgan fingerprint density at radius 2 is 1.76 bits per heavy atom. The molecule has 0 radical (unpaired) electrons. The van der Waals surface area contributed by atoms with Crippen molar-refractivity contribution in [3.63, 3.8) is 0 Å². The van der Waals surface area contributed by atoms with Crippen molar-refractivity contribution < 1.29 is 4.79 Å². The molecule has 126 valence electrons. The number of carbonyl (C=O) groups is 1. The Bertz CT molecular complexity index is 892. The highest BCUT2D eigenvalue weighted by molar-refractivity contribution is 5.95. The van der Waals surface area contributed by atoms with Gasteiger partial charge in [-0.25, -0.2) is 0 Å². The van der Waals surface area contributed by atoms with Gasteiger partial charge in [-0.15, -0.1) is 0 Å². The summed E-state index contributed by atoms with van der Waals surface area (Å²) in [5.41, 5.74) is 4.37. The topological polar surface area (TPSA) is 33.2 Å². The molecule has 0 spiro atoms. The molecule has 3 nitrogen and oxygen atoms in total. The van der Waals surface area contributed by atoms with Gasteiger partial charge in [0, 0.05) is 31.3 Å². The second-order valence-corrected chi connectivity index (χ2v) is 6.12. The van der Waals surface area contributed by atoms with Crippen LogP contribution in [0.4, 0.5) is 0 Å². The zero-order valence-corrected chi connectivity index (χ0v) is 14.6. The number of fused-ring (bicyclic) bond motifs is 1. The molecule has 3 heteroatoms. The Balaban J connectivity index is 1.70. The molecule has 0 aliphatic carbocycles. The number of aryl methyl sites for hydroxylation is 1. The number of rotatable bonds is 5. The summed E-state index contributed by atoms with van der Waals surface area (Å²) < 4.78 is 0. The highest BCUT2D eigenvalue weighted by Gasteiger charge is 2.06. The number of carbonyl (C=O) groups excluding carboxylic acids is 1. The molecule has 0 fully saturated rings. The van der Waals surface area contributed by atoms with Crippen LogP contribution in [0.15, 0.2) is 66.9 Å². The maximum absolute atomic E-state index is 12.4. The molecule has 0 bridgehead atoms. The zero-order chi connectivity index (χ0) is 17.6. The SMILES string of the molecule is CCc1ccc(CN(C)C(=O)/C=C/c2ccnc3ccccc23)cc1. The van der Waals surface area contributed by atoms with Gasteiger partial charge in [0.1, 0.15) is 0 Å². The van der Waals surface area contributed by atoms with Gasteiger partial charge in [-0.1, -0.05) is 49.4 Å². The second-order valence-electron chi connectivity index (χ2n) is 6.12. The van der Waals surface area contributed by atoms with Crippen molar-refractivity contribution in [3.05, 3.63) is 83.6 Å². The highest BCUT2D eigenvalue weighted by atomic mass is 16.2. The lowest BCUT2D eigenvalue weighted by Crippen LogP contribution is -2.24. The second kappa shape index (κ2) is 7.75. The minimum atomic E-state index is -0.0135. The summed E-state index contributed by atoms with van der Waals surface area (Å²) in [7, 11) is 1.82. The number of nitrogens with zero attached hydrogens (tertiary/aromatic N) is 2. The molecule has 1 amide bonds. The van der Waals surface area contributed by atoms with Crippen molar-refractivity contribution in [1.29, 1.82) is 0 Å². The number of pyridine rings is 1. The molecule has 0 N–H and O–H groups in total. The molecule has 0 saturated heterocycles. The molecule has 0 aliphatic rings. The number of likely N-dealkylation sites (N-methyl/N-ethyl adjacent to an activating group) is 1. The van der Waals surface area contributed by atoms with Gasteiger partial charge in [-0.3, -0.25) is 9.78 Å². The number of amides is 1. The van der Waals surface area contributed by atoms with E-state index in [1.165, 1.54) is 5.56 Å². The first kappa shape index (κ1) is 16.9. The largest absolute Gasteiger partial charge is 0.338 e. The molecular weight excluding hydrogens is 308 g/mol. The lowest BCUT2D eigenvalue weighted by Gasteiger charge is -2.15. The maximum atomic E-state index is 12.4. The third-order valence-electron chi connectivity index (χ3n) is 4.32. The van der Waals surface area contributed by atoms with Crippen LogP contribution in [0.3, 0.4) is 0 Å². The van der Waals surface area contributed by atoms with Gasteiger partial charge in [0.2, 0.25) is 5.91 Å². The molecule has 2 aromatic carbocycles. The Hall–Kier alpha value is -2.94. The number of benzene rings is 2. The lowest BCUT2D eigenvalue weighted by molar-refractivity contribution is -0.125. The Labute approximate surface area is 148 Å². The Morgan fingerprint density at radius 3 is 2.52 bits per heavy atom. The van der Waals surface area contributed by atoms with Gasteiger partial charge >= 0.3 is 0 Å². The molecule has 25 heavy (non-hydrogen) atoms. The average Bonchev–Trinajstić information content (AvgIpc) is 2.66. The quantitative estimate of drug-likeness (QED) is 0.647. The molecule has 1 aromatic heterocycles. The summed E-state index contributed by atoms with van der Waals surface area (Å²) in [6.07, 6.45) is 6.29. The van der Waals surface area contributed by atoms with E-state index in [-0.39, 0.29) is 5.91 Å². The molecule has 3 aromatic rings. The van der Waals surface area contributed by atoms with E-state index >= 15 is 0 Å². The summed E-state index contributed by atoms with van der Waals surface area (Å²) >= 11 is 0. The monoisotopic (exact) mass is 330 g/mol. The molecule has 0 unspecified atom stereocenters. The van der Waals surface area contributed by atoms with Crippen molar-refractivity contribution in [2.45, 2.75) is 19.9 Å². The Kier molecular flexibility index (Phi) is 5.24. The number of aromatic nitrogens is 1. The van der Waals surface area contributed by atoms with Gasteiger partial charge < -0.3 is 4.90 Å². The summed E-state index contributed by atoms with van der Waals surface area (Å²) in [5, 5.41) is 1.05. The first-order chi connectivity index (χ1) is 12.2. The van der Waals surface area contributed by atoms with E-state index in [4.69, 9.17) is 0 Å². The summed E-state index contributed by atoms with van der Waals surface area (Å²) in [6, 6.07) is 18.3. The van der Waals surface area contributed by atoms with E-state index in [0.29, 0.717) is 6.54 Å². The van der Waals surface area contributed by atoms with Crippen molar-refractivity contribution in [1.82, 2.24) is 9.88 Å². The van der Waals surface area contributed by atoms with Crippen molar-refractivity contribution in [3.8, 4) is 0 Å². The van der Waals surface area contributed by atoms with Crippen LogP contribution in [0.25, 0.3) is 17.0 Å². The van der Waals surface area contributed by atoms with Crippen LogP contribution >= 0.6 is 0 Å². The first-order valence-corrected chi connectivity index (χ1v) is 8.52. The zero-order valence-electron chi connectivity index (χ0n) is 14.6. The molecule has 0 aliphatic heterocycles. The van der Waals surface area contributed by atoms with Gasteiger partial charge in [-0.05, 0) is 41.3 Å². The summed E-state index contributed by atoms with van der Waals surface area (Å²) in [6.45, 7) is 2.74. The van der Waals surface area contributed by atoms with Crippen LogP contribution in [0.1, 0.15) is 23.6 Å². The fourth-order valence-corrected chi connectivity index (χ4v) is 2.78. The third kappa shape index (κ3) is 4.13. The number of para-hydroxylation sites is 1. The van der Waals surface area contributed by atoms with E-state index in [9.17, 15) is 4.79 Å². The van der Waals surface area contributed by atoms with E-state index < -0.39 is 0 Å². The molecule has 0 atom stereocenters. The normalized spacial score (nSPS) is 11.1. The van der Waals surface area contributed by atoms with Crippen LogP contribution in [0, 0.1) is 0 Å². The van der Waals surface area contributed by atoms with E-state index in [1.54, 1.807) is 17.2 Å². The lowest BCUT2D eigenvalue weighted by atomic mass is 10.1. The number of hydrogen-bond donors (Lipinski definition) is 0. The van der Waals surface area contributed by atoms with E-state index in [2.05, 4.69) is 36.2 Å². The highest BCUT2D eigenvalue weighted by Crippen LogP contribution is 2.17. The van der Waals surface area contributed by atoms with Crippen molar-refractivity contribution in [2.75, 3.05) is 7.05 Å². The molecule has 3 rings (SSSR count). The van der Waals surface area contributed by atoms with Gasteiger partial charge in [0.05, 0.1) is 5.52 Å². The van der Waals surface area contributed by atoms with Crippen LogP contribution < -0.4 is 0 Å².